The second-order valence-corrected chi connectivity index (χ2v) is 7.49. The highest BCUT2D eigenvalue weighted by molar-refractivity contribution is 5.77. The van der Waals surface area contributed by atoms with Crippen molar-refractivity contribution in [3.8, 4) is 0 Å². The molecule has 1 atom stereocenters. The van der Waals surface area contributed by atoms with Crippen molar-refractivity contribution in [1.29, 1.82) is 0 Å². The van der Waals surface area contributed by atoms with Crippen LogP contribution in [0.2, 0.25) is 0 Å². The van der Waals surface area contributed by atoms with Crippen molar-refractivity contribution in [1.82, 2.24) is 10.2 Å². The average molecular weight is 374 g/mol. The standard InChI is InChI=1S/C21H35N5O/c1-2-3-4-5-11-24-21(23)25-14-17-8-6-9-18(13-17)15-26-12-7-10-19(16-26)20(22)27/h6,8-9,13,19H,2-5,7,10-12,14-16H2,1H3,(H2,22,27)(H3,23,24,25). The van der Waals surface area contributed by atoms with E-state index < -0.39 is 0 Å². The molecule has 0 bridgehead atoms. The van der Waals surface area contributed by atoms with Gasteiger partial charge in [0.2, 0.25) is 5.91 Å². The van der Waals surface area contributed by atoms with Crippen LogP contribution in [-0.4, -0.2) is 36.4 Å². The van der Waals surface area contributed by atoms with Gasteiger partial charge in [-0.25, -0.2) is 4.99 Å². The van der Waals surface area contributed by atoms with Gasteiger partial charge in [-0.3, -0.25) is 9.69 Å². The van der Waals surface area contributed by atoms with Crippen molar-refractivity contribution in [3.63, 3.8) is 0 Å². The quantitative estimate of drug-likeness (QED) is 0.333. The maximum absolute atomic E-state index is 11.4. The lowest BCUT2D eigenvalue weighted by Gasteiger charge is -2.31. The summed E-state index contributed by atoms with van der Waals surface area (Å²) in [4.78, 5) is 18.2. The number of primary amides is 1. The van der Waals surface area contributed by atoms with E-state index in [4.69, 9.17) is 11.5 Å². The maximum Gasteiger partial charge on any atom is 0.221 e. The molecule has 27 heavy (non-hydrogen) atoms. The topological polar surface area (TPSA) is 96.7 Å². The predicted molar refractivity (Wildman–Crippen MR) is 111 cm³/mol. The number of carbonyl (C=O) groups is 1. The van der Waals surface area contributed by atoms with E-state index >= 15 is 0 Å². The van der Waals surface area contributed by atoms with Gasteiger partial charge in [0.25, 0.3) is 0 Å². The fraction of sp³-hybridized carbons (Fsp3) is 0.619. The summed E-state index contributed by atoms with van der Waals surface area (Å²) in [6.45, 7) is 6.27. The number of carbonyl (C=O) groups excluding carboxylic acids is 1. The lowest BCUT2D eigenvalue weighted by molar-refractivity contribution is -0.123. The Labute approximate surface area is 163 Å². The van der Waals surface area contributed by atoms with Crippen LogP contribution in [0.15, 0.2) is 29.3 Å². The molecular formula is C21H35N5O. The minimum atomic E-state index is -0.180. The summed E-state index contributed by atoms with van der Waals surface area (Å²) in [6.07, 6.45) is 6.79. The van der Waals surface area contributed by atoms with Crippen LogP contribution in [0, 0.1) is 5.92 Å². The summed E-state index contributed by atoms with van der Waals surface area (Å²) < 4.78 is 0. The van der Waals surface area contributed by atoms with Gasteiger partial charge in [0, 0.05) is 19.6 Å². The van der Waals surface area contributed by atoms with Gasteiger partial charge in [-0.2, -0.15) is 0 Å². The summed E-state index contributed by atoms with van der Waals surface area (Å²) >= 11 is 0. The lowest BCUT2D eigenvalue weighted by Crippen LogP contribution is -2.40. The van der Waals surface area contributed by atoms with Crippen LogP contribution < -0.4 is 16.8 Å². The highest BCUT2D eigenvalue weighted by Gasteiger charge is 2.23. The zero-order chi connectivity index (χ0) is 19.5. The van der Waals surface area contributed by atoms with E-state index in [1.54, 1.807) is 0 Å². The summed E-state index contributed by atoms with van der Waals surface area (Å²) in [5, 5.41) is 3.18. The van der Waals surface area contributed by atoms with Gasteiger partial charge in [-0.15, -0.1) is 0 Å². The van der Waals surface area contributed by atoms with Crippen LogP contribution in [0.25, 0.3) is 0 Å². The molecule has 0 radical (unpaired) electrons. The molecule has 150 valence electrons. The van der Waals surface area contributed by atoms with Crippen LogP contribution in [0.5, 0.6) is 0 Å². The molecule has 6 nitrogen and oxygen atoms in total. The Hall–Kier alpha value is -2.08. The summed E-state index contributed by atoms with van der Waals surface area (Å²) in [5.74, 6) is 0.312. The number of unbranched alkanes of at least 4 members (excludes halogenated alkanes) is 3. The number of hydrogen-bond donors (Lipinski definition) is 3. The second kappa shape index (κ2) is 11.6. The first kappa shape index (κ1) is 21.2. The molecule has 1 amide bonds. The lowest BCUT2D eigenvalue weighted by atomic mass is 9.97. The van der Waals surface area contributed by atoms with Crippen molar-refractivity contribution < 1.29 is 4.79 Å². The van der Waals surface area contributed by atoms with Crippen LogP contribution in [-0.2, 0) is 17.9 Å². The number of rotatable bonds is 10. The Kier molecular flexibility index (Phi) is 9.11. The SMILES string of the molecule is CCCCCCNC(N)=NCc1cccc(CN2CCCC(C(N)=O)C2)c1. The van der Waals surface area contributed by atoms with E-state index in [-0.39, 0.29) is 11.8 Å². The van der Waals surface area contributed by atoms with Crippen molar-refractivity contribution in [2.75, 3.05) is 19.6 Å². The van der Waals surface area contributed by atoms with E-state index in [9.17, 15) is 4.79 Å². The highest BCUT2D eigenvalue weighted by atomic mass is 16.1. The van der Waals surface area contributed by atoms with Crippen LogP contribution in [0.1, 0.15) is 56.6 Å². The van der Waals surface area contributed by atoms with Crippen molar-refractivity contribution >= 4 is 11.9 Å². The van der Waals surface area contributed by atoms with Crippen molar-refractivity contribution in [3.05, 3.63) is 35.4 Å². The molecule has 1 aromatic carbocycles. The molecule has 1 saturated heterocycles. The molecule has 0 aliphatic carbocycles. The summed E-state index contributed by atoms with van der Waals surface area (Å²) in [6, 6.07) is 8.43. The van der Waals surface area contributed by atoms with Crippen molar-refractivity contribution in [2.24, 2.45) is 22.4 Å². The fourth-order valence-electron chi connectivity index (χ4n) is 3.52. The largest absolute Gasteiger partial charge is 0.370 e. The highest BCUT2D eigenvalue weighted by Crippen LogP contribution is 2.19. The zero-order valence-electron chi connectivity index (χ0n) is 16.6. The maximum atomic E-state index is 11.4. The van der Waals surface area contributed by atoms with Gasteiger partial charge in [-0.1, -0.05) is 50.5 Å². The molecule has 2 rings (SSSR count). The molecule has 1 aliphatic rings. The summed E-state index contributed by atoms with van der Waals surface area (Å²) in [5.41, 5.74) is 13.8. The molecule has 1 unspecified atom stereocenters. The minimum Gasteiger partial charge on any atom is -0.370 e. The molecule has 1 heterocycles. The minimum absolute atomic E-state index is 0.0188. The number of nitrogens with one attached hydrogen (secondary N) is 1. The third-order valence-electron chi connectivity index (χ3n) is 5.07. The van der Waals surface area contributed by atoms with E-state index in [0.29, 0.717) is 12.5 Å². The Morgan fingerprint density at radius 1 is 1.26 bits per heavy atom. The Bertz CT molecular complexity index is 616. The second-order valence-electron chi connectivity index (χ2n) is 7.49. The number of benzene rings is 1. The first-order chi connectivity index (χ1) is 13.1. The van der Waals surface area contributed by atoms with E-state index in [0.717, 1.165) is 51.0 Å². The van der Waals surface area contributed by atoms with Gasteiger partial charge >= 0.3 is 0 Å². The van der Waals surface area contributed by atoms with Crippen LogP contribution in [0.3, 0.4) is 0 Å². The molecule has 1 aliphatic heterocycles. The number of piperidine rings is 1. The molecular weight excluding hydrogens is 338 g/mol. The third kappa shape index (κ3) is 7.99. The third-order valence-corrected chi connectivity index (χ3v) is 5.07. The van der Waals surface area contributed by atoms with Gasteiger partial charge in [0.05, 0.1) is 12.5 Å². The fourth-order valence-corrected chi connectivity index (χ4v) is 3.52. The predicted octanol–water partition coefficient (Wildman–Crippen LogP) is 2.37. The number of likely N-dealkylation sites (tertiary alicyclic amines) is 1. The van der Waals surface area contributed by atoms with Gasteiger partial charge in [-0.05, 0) is 36.9 Å². The number of nitrogens with two attached hydrogens (primary N) is 2. The van der Waals surface area contributed by atoms with E-state index in [1.165, 1.54) is 24.8 Å². The zero-order valence-corrected chi connectivity index (χ0v) is 16.6. The van der Waals surface area contributed by atoms with Gasteiger partial charge in [0.1, 0.15) is 0 Å². The van der Waals surface area contributed by atoms with E-state index in [2.05, 4.69) is 46.4 Å². The first-order valence-corrected chi connectivity index (χ1v) is 10.2. The molecule has 5 N–H and O–H groups in total. The van der Waals surface area contributed by atoms with Crippen molar-refractivity contribution in [2.45, 2.75) is 58.5 Å². The molecule has 0 aromatic heterocycles. The number of nitrogens with zero attached hydrogens (tertiary/aromatic N) is 2. The smallest absolute Gasteiger partial charge is 0.221 e. The molecule has 0 spiro atoms. The number of hydrogen-bond acceptors (Lipinski definition) is 3. The Morgan fingerprint density at radius 2 is 2.07 bits per heavy atom. The molecule has 1 fully saturated rings. The molecule has 0 saturated carbocycles. The Balaban J connectivity index is 1.80. The summed E-state index contributed by atoms with van der Waals surface area (Å²) in [7, 11) is 0. The van der Waals surface area contributed by atoms with Crippen LogP contribution >= 0.6 is 0 Å². The van der Waals surface area contributed by atoms with E-state index in [1.807, 2.05) is 0 Å². The molecule has 6 heteroatoms. The Morgan fingerprint density at radius 3 is 2.85 bits per heavy atom. The van der Waals surface area contributed by atoms with Gasteiger partial charge in [0.15, 0.2) is 5.96 Å². The average Bonchev–Trinajstić information content (AvgIpc) is 2.67. The first-order valence-electron chi connectivity index (χ1n) is 10.2. The molecule has 1 aromatic rings. The normalized spacial score (nSPS) is 18.4. The number of amides is 1. The number of guanidine groups is 1. The van der Waals surface area contributed by atoms with Crippen LogP contribution in [0.4, 0.5) is 0 Å². The van der Waals surface area contributed by atoms with Gasteiger partial charge < -0.3 is 16.8 Å². The monoisotopic (exact) mass is 373 g/mol. The number of aliphatic imine (C=N–C) groups is 1.